The topological polar surface area (TPSA) is 29.1 Å². The Balaban J connectivity index is 4.29. The van der Waals surface area contributed by atoms with Crippen LogP contribution in [0.1, 0.15) is 40.0 Å². The maximum Gasteiger partial charge on any atom is 0.243 e. The summed E-state index contributed by atoms with van der Waals surface area (Å²) in [5.74, 6) is -0.0689. The highest BCUT2D eigenvalue weighted by molar-refractivity contribution is 5.87. The number of hydrogen-bond donors (Lipinski definition) is 1. The van der Waals surface area contributed by atoms with E-state index in [4.69, 9.17) is 0 Å². The van der Waals surface area contributed by atoms with Gasteiger partial charge in [-0.25, -0.2) is 0 Å². The van der Waals surface area contributed by atoms with Crippen LogP contribution in [0.15, 0.2) is 12.7 Å². The number of rotatable bonds is 5. The zero-order valence-corrected chi connectivity index (χ0v) is 8.31. The summed E-state index contributed by atoms with van der Waals surface area (Å²) in [4.78, 5) is 11.1. The minimum Gasteiger partial charge on any atom is -0.347 e. The van der Waals surface area contributed by atoms with Gasteiger partial charge in [0.2, 0.25) is 5.91 Å². The number of carbonyl (C=O) groups is 1. The predicted octanol–water partition coefficient (Wildman–Crippen LogP) is 2.26. The minimum atomic E-state index is -0.0689. The molecule has 2 nitrogen and oxygen atoms in total. The summed E-state index contributed by atoms with van der Waals surface area (Å²) >= 11 is 0. The lowest BCUT2D eigenvalue weighted by atomic mass is 9.90. The van der Waals surface area contributed by atoms with Gasteiger partial charge in [0.15, 0.2) is 0 Å². The fourth-order valence-electron chi connectivity index (χ4n) is 1.33. The molecule has 1 amide bonds. The predicted molar refractivity (Wildman–Crippen MR) is 51.9 cm³/mol. The molecule has 0 aromatic rings. The van der Waals surface area contributed by atoms with E-state index in [2.05, 4.69) is 32.7 Å². The van der Waals surface area contributed by atoms with Crippen molar-refractivity contribution in [3.05, 3.63) is 12.7 Å². The second-order valence-electron chi connectivity index (χ2n) is 3.03. The highest BCUT2D eigenvalue weighted by Gasteiger charge is 2.24. The number of amides is 1. The molecular formula is C10H19NO. The molecule has 2 heteroatoms. The third-order valence-electron chi connectivity index (χ3n) is 2.60. The zero-order valence-electron chi connectivity index (χ0n) is 8.31. The Hall–Kier alpha value is -0.790. The Morgan fingerprint density at radius 3 is 2.00 bits per heavy atom. The maximum atomic E-state index is 11.1. The number of carbonyl (C=O) groups excluding carboxylic acids is 1. The van der Waals surface area contributed by atoms with E-state index in [1.54, 1.807) is 0 Å². The van der Waals surface area contributed by atoms with E-state index in [-0.39, 0.29) is 11.4 Å². The quantitative estimate of drug-likeness (QED) is 0.628. The summed E-state index contributed by atoms with van der Waals surface area (Å²) in [5.41, 5.74) is -0.0225. The van der Waals surface area contributed by atoms with Crippen LogP contribution in [0.4, 0.5) is 0 Å². The first-order valence-electron chi connectivity index (χ1n) is 4.58. The van der Waals surface area contributed by atoms with Gasteiger partial charge in [0.05, 0.1) is 0 Å². The molecule has 0 rings (SSSR count). The van der Waals surface area contributed by atoms with Crippen molar-refractivity contribution < 1.29 is 4.79 Å². The second kappa shape index (κ2) is 4.96. The summed E-state index contributed by atoms with van der Waals surface area (Å²) in [7, 11) is 0. The van der Waals surface area contributed by atoms with Gasteiger partial charge in [-0.1, -0.05) is 27.4 Å². The van der Waals surface area contributed by atoms with Crippen LogP contribution in [-0.2, 0) is 4.79 Å². The van der Waals surface area contributed by atoms with E-state index in [1.807, 2.05) is 0 Å². The van der Waals surface area contributed by atoms with Crippen molar-refractivity contribution in [1.29, 1.82) is 0 Å². The molecular weight excluding hydrogens is 150 g/mol. The summed E-state index contributed by atoms with van der Waals surface area (Å²) < 4.78 is 0. The van der Waals surface area contributed by atoms with Crippen LogP contribution >= 0.6 is 0 Å². The lowest BCUT2D eigenvalue weighted by Crippen LogP contribution is -2.46. The van der Waals surface area contributed by atoms with Crippen LogP contribution in [0.25, 0.3) is 0 Å². The smallest absolute Gasteiger partial charge is 0.243 e. The molecule has 12 heavy (non-hydrogen) atoms. The van der Waals surface area contributed by atoms with Gasteiger partial charge in [-0.2, -0.15) is 0 Å². The van der Waals surface area contributed by atoms with Gasteiger partial charge in [0.1, 0.15) is 0 Å². The molecule has 70 valence electrons. The molecule has 0 unspecified atom stereocenters. The number of hydrogen-bond acceptors (Lipinski definition) is 1. The molecule has 0 fully saturated rings. The standard InChI is InChI=1S/C10H19NO/c1-5-9(12)11-10(6-2,7-3)8-4/h5H,1,6-8H2,2-4H3,(H,11,12). The van der Waals surface area contributed by atoms with E-state index in [0.717, 1.165) is 19.3 Å². The molecule has 0 aliphatic rings. The zero-order chi connectivity index (χ0) is 9.61. The molecule has 0 atom stereocenters. The van der Waals surface area contributed by atoms with E-state index >= 15 is 0 Å². The molecule has 0 saturated heterocycles. The first-order chi connectivity index (χ1) is 5.64. The molecule has 0 saturated carbocycles. The molecule has 0 aromatic carbocycles. The van der Waals surface area contributed by atoms with Gasteiger partial charge in [0, 0.05) is 5.54 Å². The van der Waals surface area contributed by atoms with E-state index in [1.165, 1.54) is 6.08 Å². The third-order valence-corrected chi connectivity index (χ3v) is 2.60. The monoisotopic (exact) mass is 169 g/mol. The van der Waals surface area contributed by atoms with Crippen LogP contribution in [0.3, 0.4) is 0 Å². The van der Waals surface area contributed by atoms with Gasteiger partial charge in [-0.3, -0.25) is 4.79 Å². The lowest BCUT2D eigenvalue weighted by molar-refractivity contribution is -0.118. The average Bonchev–Trinajstić information content (AvgIpc) is 2.14. The van der Waals surface area contributed by atoms with Crippen LogP contribution in [0, 0.1) is 0 Å². The van der Waals surface area contributed by atoms with Crippen LogP contribution < -0.4 is 5.32 Å². The summed E-state index contributed by atoms with van der Waals surface area (Å²) in [6.07, 6.45) is 4.24. The number of nitrogens with one attached hydrogen (secondary N) is 1. The average molecular weight is 169 g/mol. The van der Waals surface area contributed by atoms with Crippen molar-refractivity contribution in [2.75, 3.05) is 0 Å². The van der Waals surface area contributed by atoms with Crippen molar-refractivity contribution in [3.63, 3.8) is 0 Å². The fraction of sp³-hybridized carbons (Fsp3) is 0.700. The summed E-state index contributed by atoms with van der Waals surface area (Å²) in [6.45, 7) is 9.72. The van der Waals surface area contributed by atoms with Crippen LogP contribution in [0.2, 0.25) is 0 Å². The molecule has 0 aliphatic carbocycles. The van der Waals surface area contributed by atoms with Crippen molar-refractivity contribution in [1.82, 2.24) is 5.32 Å². The van der Waals surface area contributed by atoms with Gasteiger partial charge in [0.25, 0.3) is 0 Å². The highest BCUT2D eigenvalue weighted by atomic mass is 16.1. The Kier molecular flexibility index (Phi) is 4.64. The largest absolute Gasteiger partial charge is 0.347 e. The minimum absolute atomic E-state index is 0.0225. The van der Waals surface area contributed by atoms with Gasteiger partial charge in [-0.05, 0) is 25.3 Å². The van der Waals surface area contributed by atoms with E-state index in [9.17, 15) is 4.79 Å². The van der Waals surface area contributed by atoms with Crippen molar-refractivity contribution >= 4 is 5.91 Å². The van der Waals surface area contributed by atoms with Crippen molar-refractivity contribution in [3.8, 4) is 0 Å². The molecule has 1 N–H and O–H groups in total. The van der Waals surface area contributed by atoms with Gasteiger partial charge >= 0.3 is 0 Å². The fourth-order valence-corrected chi connectivity index (χ4v) is 1.33. The Labute approximate surface area is 75.0 Å². The molecule has 0 spiro atoms. The first-order valence-corrected chi connectivity index (χ1v) is 4.58. The molecule has 0 radical (unpaired) electrons. The third kappa shape index (κ3) is 2.68. The molecule has 0 aromatic heterocycles. The SMILES string of the molecule is C=CC(=O)NC(CC)(CC)CC. The van der Waals surface area contributed by atoms with Crippen LogP contribution in [-0.4, -0.2) is 11.4 Å². The van der Waals surface area contributed by atoms with E-state index in [0.29, 0.717) is 0 Å². The van der Waals surface area contributed by atoms with Crippen molar-refractivity contribution in [2.24, 2.45) is 0 Å². The van der Waals surface area contributed by atoms with Crippen LogP contribution in [0.5, 0.6) is 0 Å². The van der Waals surface area contributed by atoms with Crippen molar-refractivity contribution in [2.45, 2.75) is 45.6 Å². The Bertz CT molecular complexity index is 151. The highest BCUT2D eigenvalue weighted by Crippen LogP contribution is 2.18. The molecule has 0 heterocycles. The van der Waals surface area contributed by atoms with E-state index < -0.39 is 0 Å². The van der Waals surface area contributed by atoms with Gasteiger partial charge < -0.3 is 5.32 Å². The molecule has 0 bridgehead atoms. The Morgan fingerprint density at radius 2 is 1.75 bits per heavy atom. The second-order valence-corrected chi connectivity index (χ2v) is 3.03. The maximum absolute atomic E-state index is 11.1. The lowest BCUT2D eigenvalue weighted by Gasteiger charge is -2.31. The molecule has 0 aliphatic heterocycles. The normalized spacial score (nSPS) is 10.9. The van der Waals surface area contributed by atoms with Gasteiger partial charge in [-0.15, -0.1) is 0 Å². The first kappa shape index (κ1) is 11.2. The summed E-state index contributed by atoms with van der Waals surface area (Å²) in [5, 5.41) is 2.97. The Morgan fingerprint density at radius 1 is 1.33 bits per heavy atom. The summed E-state index contributed by atoms with van der Waals surface area (Å²) in [6, 6.07) is 0.